The van der Waals surface area contributed by atoms with E-state index in [2.05, 4.69) is 10.4 Å². The van der Waals surface area contributed by atoms with E-state index in [-0.39, 0.29) is 0 Å². The number of aryl methyl sites for hydroxylation is 1. The number of nitrogen functional groups attached to an aromatic ring is 1. The van der Waals surface area contributed by atoms with Crippen LogP contribution in [0.25, 0.3) is 11.4 Å². The number of hydrogen-bond donors (Lipinski definition) is 2. The molecule has 110 valence electrons. The maximum Gasteiger partial charge on any atom is 0.162 e. The summed E-state index contributed by atoms with van der Waals surface area (Å²) in [5, 5.41) is 0. The van der Waals surface area contributed by atoms with Gasteiger partial charge in [0.15, 0.2) is 5.82 Å². The van der Waals surface area contributed by atoms with Gasteiger partial charge in [0, 0.05) is 23.9 Å². The van der Waals surface area contributed by atoms with Crippen molar-refractivity contribution >= 4 is 5.82 Å². The summed E-state index contributed by atoms with van der Waals surface area (Å²) in [6, 6.07) is 8.06. The first kappa shape index (κ1) is 14.0. The minimum Gasteiger partial charge on any atom is -0.380 e. The zero-order valence-electron chi connectivity index (χ0n) is 12.2. The molecule has 3 rings (SSSR count). The monoisotopic (exact) mass is 284 g/mol. The minimum atomic E-state index is 0.544. The number of hydrazine groups is 1. The molecule has 0 saturated heterocycles. The van der Waals surface area contributed by atoms with Crippen LogP contribution in [0.5, 0.6) is 0 Å². The molecular weight excluding hydrogens is 264 g/mol. The van der Waals surface area contributed by atoms with Crippen molar-refractivity contribution in [1.82, 2.24) is 9.97 Å². The Balaban J connectivity index is 2.10. The standard InChI is InChI=1S/C16H20N4O/c1-21-10-11-6-2-3-7-12(11)15-18-14-9-5-4-8-13(14)16(19-15)20-17/h2-3,6-7H,4-5,8-10,17H2,1H3,(H,18,19,20). The van der Waals surface area contributed by atoms with E-state index in [4.69, 9.17) is 15.6 Å². The predicted molar refractivity (Wildman–Crippen MR) is 82.6 cm³/mol. The van der Waals surface area contributed by atoms with Crippen LogP contribution in [0.2, 0.25) is 0 Å². The lowest BCUT2D eigenvalue weighted by molar-refractivity contribution is 0.185. The topological polar surface area (TPSA) is 73.1 Å². The molecule has 0 radical (unpaired) electrons. The Morgan fingerprint density at radius 2 is 2.00 bits per heavy atom. The quantitative estimate of drug-likeness (QED) is 0.666. The average molecular weight is 284 g/mol. The van der Waals surface area contributed by atoms with Crippen molar-refractivity contribution in [3.05, 3.63) is 41.1 Å². The van der Waals surface area contributed by atoms with Crippen molar-refractivity contribution in [3.63, 3.8) is 0 Å². The number of fused-ring (bicyclic) bond motifs is 1. The Kier molecular flexibility index (Phi) is 4.13. The number of benzene rings is 1. The van der Waals surface area contributed by atoms with E-state index in [1.54, 1.807) is 7.11 Å². The van der Waals surface area contributed by atoms with Crippen molar-refractivity contribution in [2.24, 2.45) is 5.84 Å². The Morgan fingerprint density at radius 1 is 1.19 bits per heavy atom. The molecule has 0 aliphatic heterocycles. The molecule has 21 heavy (non-hydrogen) atoms. The average Bonchev–Trinajstić information content (AvgIpc) is 2.54. The summed E-state index contributed by atoms with van der Waals surface area (Å²) in [6.07, 6.45) is 4.33. The number of nitrogens with zero attached hydrogens (tertiary/aromatic N) is 2. The van der Waals surface area contributed by atoms with Gasteiger partial charge in [-0.3, -0.25) is 0 Å². The van der Waals surface area contributed by atoms with Crippen LogP contribution in [0, 0.1) is 0 Å². The van der Waals surface area contributed by atoms with E-state index in [0.29, 0.717) is 6.61 Å². The molecule has 0 amide bonds. The highest BCUT2D eigenvalue weighted by Gasteiger charge is 2.18. The first-order valence-corrected chi connectivity index (χ1v) is 7.27. The number of ether oxygens (including phenoxy) is 1. The van der Waals surface area contributed by atoms with E-state index in [1.165, 1.54) is 12.8 Å². The summed E-state index contributed by atoms with van der Waals surface area (Å²) in [6.45, 7) is 0.544. The van der Waals surface area contributed by atoms with Gasteiger partial charge in [-0.15, -0.1) is 0 Å². The van der Waals surface area contributed by atoms with Crippen molar-refractivity contribution < 1.29 is 4.74 Å². The molecule has 2 aromatic rings. The summed E-state index contributed by atoms with van der Waals surface area (Å²) < 4.78 is 5.26. The SMILES string of the molecule is COCc1ccccc1-c1nc2c(c(NN)n1)CCCC2. The summed E-state index contributed by atoms with van der Waals surface area (Å²) >= 11 is 0. The molecule has 1 aliphatic carbocycles. The van der Waals surface area contributed by atoms with Crippen LogP contribution in [-0.4, -0.2) is 17.1 Å². The van der Waals surface area contributed by atoms with Crippen LogP contribution in [-0.2, 0) is 24.2 Å². The first-order chi connectivity index (χ1) is 10.3. The molecule has 0 atom stereocenters. The van der Waals surface area contributed by atoms with Crippen molar-refractivity contribution in [3.8, 4) is 11.4 Å². The van der Waals surface area contributed by atoms with E-state index in [9.17, 15) is 0 Å². The van der Waals surface area contributed by atoms with E-state index < -0.39 is 0 Å². The highest BCUT2D eigenvalue weighted by molar-refractivity contribution is 5.63. The van der Waals surface area contributed by atoms with Crippen LogP contribution >= 0.6 is 0 Å². The molecule has 5 heteroatoms. The van der Waals surface area contributed by atoms with Gasteiger partial charge >= 0.3 is 0 Å². The molecule has 1 aromatic heterocycles. The molecule has 1 aliphatic rings. The van der Waals surface area contributed by atoms with Gasteiger partial charge in [0.05, 0.1) is 6.61 Å². The Labute approximate surface area is 124 Å². The summed E-state index contributed by atoms with van der Waals surface area (Å²) in [4.78, 5) is 9.39. The summed E-state index contributed by atoms with van der Waals surface area (Å²) in [5.74, 6) is 7.12. The van der Waals surface area contributed by atoms with Gasteiger partial charge in [0.1, 0.15) is 5.82 Å². The molecule has 0 unspecified atom stereocenters. The fourth-order valence-corrected chi connectivity index (χ4v) is 2.85. The number of aromatic nitrogens is 2. The van der Waals surface area contributed by atoms with Gasteiger partial charge in [0.25, 0.3) is 0 Å². The molecule has 5 nitrogen and oxygen atoms in total. The third-order valence-electron chi connectivity index (χ3n) is 3.88. The zero-order valence-corrected chi connectivity index (χ0v) is 12.2. The minimum absolute atomic E-state index is 0.544. The zero-order chi connectivity index (χ0) is 14.7. The normalized spacial score (nSPS) is 13.8. The fraction of sp³-hybridized carbons (Fsp3) is 0.375. The second kappa shape index (κ2) is 6.20. The van der Waals surface area contributed by atoms with Crippen LogP contribution < -0.4 is 11.3 Å². The largest absolute Gasteiger partial charge is 0.380 e. The van der Waals surface area contributed by atoms with Crippen LogP contribution in [0.15, 0.2) is 24.3 Å². The van der Waals surface area contributed by atoms with Gasteiger partial charge in [-0.1, -0.05) is 24.3 Å². The number of rotatable bonds is 4. The third-order valence-corrected chi connectivity index (χ3v) is 3.88. The highest BCUT2D eigenvalue weighted by atomic mass is 16.5. The lowest BCUT2D eigenvalue weighted by atomic mass is 9.96. The van der Waals surface area contributed by atoms with Gasteiger partial charge < -0.3 is 10.2 Å². The van der Waals surface area contributed by atoms with Gasteiger partial charge in [-0.2, -0.15) is 0 Å². The first-order valence-electron chi connectivity index (χ1n) is 7.27. The van der Waals surface area contributed by atoms with Crippen molar-refractivity contribution in [2.45, 2.75) is 32.3 Å². The fourth-order valence-electron chi connectivity index (χ4n) is 2.85. The molecule has 1 aromatic carbocycles. The number of hydrogen-bond acceptors (Lipinski definition) is 5. The number of methoxy groups -OCH3 is 1. The van der Waals surface area contributed by atoms with Crippen LogP contribution in [0.1, 0.15) is 29.7 Å². The Hall–Kier alpha value is -1.98. The van der Waals surface area contributed by atoms with Gasteiger partial charge in [-0.05, 0) is 31.2 Å². The maximum absolute atomic E-state index is 5.65. The number of nitrogens with one attached hydrogen (secondary N) is 1. The summed E-state index contributed by atoms with van der Waals surface area (Å²) in [5.41, 5.74) is 7.10. The molecule has 0 spiro atoms. The number of anilines is 1. The van der Waals surface area contributed by atoms with Gasteiger partial charge in [-0.25, -0.2) is 15.8 Å². The summed E-state index contributed by atoms with van der Waals surface area (Å²) in [7, 11) is 1.69. The molecule has 1 heterocycles. The molecule has 0 fully saturated rings. The van der Waals surface area contributed by atoms with E-state index in [1.807, 2.05) is 24.3 Å². The lowest BCUT2D eigenvalue weighted by Crippen LogP contribution is -2.17. The van der Waals surface area contributed by atoms with E-state index >= 15 is 0 Å². The Morgan fingerprint density at radius 3 is 2.81 bits per heavy atom. The molecule has 0 saturated carbocycles. The third kappa shape index (κ3) is 2.75. The van der Waals surface area contributed by atoms with Crippen molar-refractivity contribution in [2.75, 3.05) is 12.5 Å². The van der Waals surface area contributed by atoms with Crippen molar-refractivity contribution in [1.29, 1.82) is 0 Å². The molecule has 0 bridgehead atoms. The van der Waals surface area contributed by atoms with Crippen LogP contribution in [0.3, 0.4) is 0 Å². The lowest BCUT2D eigenvalue weighted by Gasteiger charge is -2.19. The second-order valence-corrected chi connectivity index (χ2v) is 5.26. The Bertz CT molecular complexity index is 625. The number of nitrogens with two attached hydrogens (primary N) is 1. The maximum atomic E-state index is 5.65. The molecular formula is C16H20N4O. The molecule has 3 N–H and O–H groups in total. The van der Waals surface area contributed by atoms with E-state index in [0.717, 1.165) is 46.9 Å². The van der Waals surface area contributed by atoms with Gasteiger partial charge in [0.2, 0.25) is 0 Å². The second-order valence-electron chi connectivity index (χ2n) is 5.26. The van der Waals surface area contributed by atoms with Crippen LogP contribution in [0.4, 0.5) is 5.82 Å². The smallest absolute Gasteiger partial charge is 0.162 e. The highest BCUT2D eigenvalue weighted by Crippen LogP contribution is 2.29. The predicted octanol–water partition coefficient (Wildman–Crippen LogP) is 2.45.